The lowest BCUT2D eigenvalue weighted by atomic mass is 10.1. The van der Waals surface area contributed by atoms with Crippen LogP contribution >= 0.6 is 0 Å². The van der Waals surface area contributed by atoms with Crippen LogP contribution in [0.2, 0.25) is 0 Å². The lowest BCUT2D eigenvalue weighted by molar-refractivity contribution is -0.126. The number of hydrogen-bond acceptors (Lipinski definition) is 3. The van der Waals surface area contributed by atoms with Crippen molar-refractivity contribution >= 4 is 23.2 Å². The van der Waals surface area contributed by atoms with E-state index in [1.165, 1.54) is 6.07 Å². The molecule has 0 atom stereocenters. The zero-order chi connectivity index (χ0) is 19.8. The van der Waals surface area contributed by atoms with Crippen molar-refractivity contribution in [2.24, 2.45) is 0 Å². The van der Waals surface area contributed by atoms with E-state index >= 15 is 0 Å². The van der Waals surface area contributed by atoms with E-state index in [0.29, 0.717) is 11.3 Å². The Hall–Kier alpha value is -2.89. The first kappa shape index (κ1) is 20.4. The van der Waals surface area contributed by atoms with Gasteiger partial charge in [-0.3, -0.25) is 9.59 Å². The van der Waals surface area contributed by atoms with Crippen molar-refractivity contribution in [1.29, 1.82) is 0 Å². The highest BCUT2D eigenvalue weighted by Gasteiger charge is 2.12. The summed E-state index contributed by atoms with van der Waals surface area (Å²) in [5.74, 6) is -1.24. The summed E-state index contributed by atoms with van der Waals surface area (Å²) in [7, 11) is 0. The second-order valence-corrected chi connectivity index (χ2v) is 6.26. The maximum atomic E-state index is 13.5. The summed E-state index contributed by atoms with van der Waals surface area (Å²) < 4.78 is 13.5. The summed E-state index contributed by atoms with van der Waals surface area (Å²) in [5.41, 5.74) is 3.09. The number of halogens is 1. The highest BCUT2D eigenvalue weighted by Crippen LogP contribution is 2.22. The first-order chi connectivity index (χ1) is 12.9. The molecule has 5 nitrogen and oxygen atoms in total. The second kappa shape index (κ2) is 9.71. The molecule has 0 aliphatic carbocycles. The molecule has 0 aromatic heterocycles. The molecular weight excluding hydrogens is 345 g/mol. The van der Waals surface area contributed by atoms with Gasteiger partial charge in [-0.05, 0) is 50.6 Å². The van der Waals surface area contributed by atoms with Crippen molar-refractivity contribution in [3.05, 3.63) is 59.4 Å². The number of carbonyl (C=O) groups excluding carboxylic acids is 2. The van der Waals surface area contributed by atoms with Crippen LogP contribution in [0, 0.1) is 12.7 Å². The van der Waals surface area contributed by atoms with Gasteiger partial charge in [0.2, 0.25) is 11.8 Å². The summed E-state index contributed by atoms with van der Waals surface area (Å²) in [5, 5.41) is 5.32. The maximum absolute atomic E-state index is 13.5. The van der Waals surface area contributed by atoms with Gasteiger partial charge >= 0.3 is 0 Å². The molecule has 0 heterocycles. The minimum absolute atomic E-state index is 0.0520. The summed E-state index contributed by atoms with van der Waals surface area (Å²) in [6, 6.07) is 12.0. The number of nitrogens with zero attached hydrogens (tertiary/aromatic N) is 1. The highest BCUT2D eigenvalue weighted by molar-refractivity contribution is 6.03. The highest BCUT2D eigenvalue weighted by atomic mass is 19.1. The molecule has 0 radical (unpaired) electrons. The number of nitrogens with one attached hydrogen (secondary N) is 2. The molecule has 2 aromatic carbocycles. The normalized spacial score (nSPS) is 10.4. The third kappa shape index (κ3) is 5.81. The van der Waals surface area contributed by atoms with Gasteiger partial charge in [0.05, 0.1) is 0 Å². The van der Waals surface area contributed by atoms with Crippen molar-refractivity contribution in [1.82, 2.24) is 5.32 Å². The van der Waals surface area contributed by atoms with Gasteiger partial charge < -0.3 is 15.5 Å². The van der Waals surface area contributed by atoms with Gasteiger partial charge in [-0.2, -0.15) is 0 Å². The van der Waals surface area contributed by atoms with Crippen molar-refractivity contribution in [3.63, 3.8) is 0 Å². The van der Waals surface area contributed by atoms with Crippen molar-refractivity contribution in [3.8, 4) is 0 Å². The summed E-state index contributed by atoms with van der Waals surface area (Å²) >= 11 is 0. The predicted molar refractivity (Wildman–Crippen MR) is 106 cm³/mol. The third-order valence-corrected chi connectivity index (χ3v) is 4.37. The second-order valence-electron chi connectivity index (χ2n) is 6.26. The van der Waals surface area contributed by atoms with Crippen LogP contribution < -0.4 is 15.5 Å². The predicted octanol–water partition coefficient (Wildman–Crippen LogP) is 3.63. The zero-order valence-corrected chi connectivity index (χ0v) is 16.0. The molecule has 0 unspecified atom stereocenters. The Morgan fingerprint density at radius 1 is 1.04 bits per heavy atom. The first-order valence-corrected chi connectivity index (χ1v) is 9.10. The van der Waals surface area contributed by atoms with E-state index in [0.717, 1.165) is 24.3 Å². The fraction of sp³-hybridized carbons (Fsp3) is 0.333. The molecule has 0 saturated carbocycles. The Bertz CT molecular complexity index is 804. The first-order valence-electron chi connectivity index (χ1n) is 9.10. The molecule has 0 spiro atoms. The fourth-order valence-electron chi connectivity index (χ4n) is 2.81. The number of hydrogen-bond donors (Lipinski definition) is 2. The maximum Gasteiger partial charge on any atom is 0.233 e. The molecule has 2 aromatic rings. The SMILES string of the molecule is CCN(CC)c1ccc(NC(=O)CC(=O)NCc2ccccc2F)c(C)c1. The summed E-state index contributed by atoms with van der Waals surface area (Å²) in [4.78, 5) is 26.3. The number of carbonyl (C=O) groups is 2. The van der Waals surface area contributed by atoms with Gasteiger partial charge in [-0.1, -0.05) is 18.2 Å². The van der Waals surface area contributed by atoms with Crippen LogP contribution in [-0.2, 0) is 16.1 Å². The molecule has 144 valence electrons. The van der Waals surface area contributed by atoms with E-state index in [1.54, 1.807) is 18.2 Å². The van der Waals surface area contributed by atoms with Gasteiger partial charge in [0.15, 0.2) is 0 Å². The molecule has 2 amide bonds. The van der Waals surface area contributed by atoms with Crippen LogP contribution in [0.15, 0.2) is 42.5 Å². The Kier molecular flexibility index (Phi) is 7.34. The molecule has 0 bridgehead atoms. The Balaban J connectivity index is 1.89. The average Bonchev–Trinajstić information content (AvgIpc) is 2.64. The zero-order valence-electron chi connectivity index (χ0n) is 16.0. The minimum Gasteiger partial charge on any atom is -0.372 e. The summed E-state index contributed by atoms with van der Waals surface area (Å²) in [6.07, 6.45) is -0.314. The molecule has 2 N–H and O–H groups in total. The van der Waals surface area contributed by atoms with Crippen LogP contribution in [0.1, 0.15) is 31.4 Å². The van der Waals surface area contributed by atoms with Crippen molar-refractivity contribution in [2.45, 2.75) is 33.7 Å². The largest absolute Gasteiger partial charge is 0.372 e. The number of rotatable bonds is 8. The average molecular weight is 371 g/mol. The Morgan fingerprint density at radius 2 is 1.74 bits per heavy atom. The number of aryl methyl sites for hydroxylation is 1. The minimum atomic E-state index is -0.451. The molecule has 6 heteroatoms. The smallest absolute Gasteiger partial charge is 0.233 e. The van der Waals surface area contributed by atoms with Crippen LogP contribution in [0.25, 0.3) is 0 Å². The Labute approximate surface area is 159 Å². The quantitative estimate of drug-likeness (QED) is 0.697. The van der Waals surface area contributed by atoms with E-state index in [1.807, 2.05) is 25.1 Å². The van der Waals surface area contributed by atoms with Crippen molar-refractivity contribution in [2.75, 3.05) is 23.3 Å². The van der Waals surface area contributed by atoms with Crippen LogP contribution in [0.5, 0.6) is 0 Å². The topological polar surface area (TPSA) is 61.4 Å². The van der Waals surface area contributed by atoms with Gasteiger partial charge in [0.1, 0.15) is 12.2 Å². The molecule has 0 saturated heterocycles. The van der Waals surface area contributed by atoms with E-state index in [-0.39, 0.29) is 18.8 Å². The van der Waals surface area contributed by atoms with Gasteiger partial charge in [0.25, 0.3) is 0 Å². The van der Waals surface area contributed by atoms with E-state index in [9.17, 15) is 14.0 Å². The van der Waals surface area contributed by atoms with E-state index in [2.05, 4.69) is 29.4 Å². The number of amides is 2. The van der Waals surface area contributed by atoms with Gasteiger partial charge in [-0.25, -0.2) is 4.39 Å². The molecule has 0 aliphatic heterocycles. The van der Waals surface area contributed by atoms with Crippen LogP contribution in [0.3, 0.4) is 0 Å². The van der Waals surface area contributed by atoms with Crippen molar-refractivity contribution < 1.29 is 14.0 Å². The number of anilines is 2. The Morgan fingerprint density at radius 3 is 2.37 bits per heavy atom. The summed E-state index contributed by atoms with van der Waals surface area (Å²) in [6.45, 7) is 7.97. The molecular formula is C21H26FN3O2. The third-order valence-electron chi connectivity index (χ3n) is 4.37. The van der Waals surface area contributed by atoms with Gasteiger partial charge in [0, 0.05) is 36.6 Å². The number of benzene rings is 2. The molecule has 2 rings (SSSR count). The molecule has 27 heavy (non-hydrogen) atoms. The van der Waals surface area contributed by atoms with E-state index < -0.39 is 11.8 Å². The lowest BCUT2D eigenvalue weighted by Gasteiger charge is -2.22. The van der Waals surface area contributed by atoms with Crippen LogP contribution in [0.4, 0.5) is 15.8 Å². The fourth-order valence-corrected chi connectivity index (χ4v) is 2.81. The molecule has 0 fully saturated rings. The standard InChI is InChI=1S/C21H26FN3O2/c1-4-25(5-2)17-10-11-19(15(3)12-17)24-21(27)13-20(26)23-14-16-8-6-7-9-18(16)22/h6-12H,4-5,13-14H2,1-3H3,(H,23,26)(H,24,27). The van der Waals surface area contributed by atoms with E-state index in [4.69, 9.17) is 0 Å². The van der Waals surface area contributed by atoms with Crippen LogP contribution in [-0.4, -0.2) is 24.9 Å². The monoisotopic (exact) mass is 371 g/mol. The van der Waals surface area contributed by atoms with Gasteiger partial charge in [-0.15, -0.1) is 0 Å². The lowest BCUT2D eigenvalue weighted by Crippen LogP contribution is -2.28. The molecule has 0 aliphatic rings.